The van der Waals surface area contributed by atoms with Crippen molar-refractivity contribution in [2.45, 2.75) is 257 Å². The smallest absolute Gasteiger partial charge is 0.387 e. The summed E-state index contributed by atoms with van der Waals surface area (Å²) in [5.74, 6) is -0.193. The highest BCUT2D eigenvalue weighted by Gasteiger charge is 2.27. The molecule has 0 rings (SSSR count). The molecule has 0 fully saturated rings. The van der Waals surface area contributed by atoms with E-state index in [1.807, 2.05) is 27.2 Å². The molecule has 1 amide bonds. The van der Waals surface area contributed by atoms with Crippen LogP contribution in [0.4, 0.5) is 0 Å². The van der Waals surface area contributed by atoms with Gasteiger partial charge in [-0.15, -0.1) is 0 Å². The van der Waals surface area contributed by atoms with E-state index in [0.29, 0.717) is 17.4 Å². The number of nitrogens with one attached hydrogen (secondary N) is 1. The summed E-state index contributed by atoms with van der Waals surface area (Å²) >= 11 is 0. The zero-order chi connectivity index (χ0) is 54.2. The summed E-state index contributed by atoms with van der Waals surface area (Å²) in [6, 6.07) is -0.873. The van der Waals surface area contributed by atoms with Crippen molar-refractivity contribution in [1.29, 1.82) is 0 Å². The number of quaternary nitrogens is 1. The minimum atomic E-state index is -4.36. The molecule has 0 radical (unpaired) electrons. The quantitative estimate of drug-likeness (QED) is 0.0243. The SMILES string of the molecule is CC/C=C\C/C=C\C/C=C\C/C=C\C/C=C\C/C=C\CCCCCCCCCCCCCCCCCCCCCCC(=O)NC(COP(=O)(O)OCC[N+](C)(C)C)C(O)/C=C/CC/C=C/CC/C=C/CCCCC. The molecule has 74 heavy (non-hydrogen) atoms. The number of aliphatic hydroxyl groups excluding tert-OH is 1. The first kappa shape index (κ1) is 71.2. The third kappa shape index (κ3) is 56.9. The molecule has 0 aromatic heterocycles. The highest BCUT2D eigenvalue weighted by molar-refractivity contribution is 7.47. The Bertz CT molecular complexity index is 1570. The van der Waals surface area contributed by atoms with Crippen LogP contribution in [-0.4, -0.2) is 73.4 Å². The second kappa shape index (κ2) is 54.9. The second-order valence-corrected chi connectivity index (χ2v) is 22.8. The lowest BCUT2D eigenvalue weighted by Crippen LogP contribution is -2.45. The van der Waals surface area contributed by atoms with E-state index < -0.39 is 20.0 Å². The van der Waals surface area contributed by atoms with Crippen molar-refractivity contribution in [3.05, 3.63) is 109 Å². The van der Waals surface area contributed by atoms with E-state index in [1.165, 1.54) is 135 Å². The van der Waals surface area contributed by atoms with Crippen LogP contribution in [0.3, 0.4) is 0 Å². The Morgan fingerprint density at radius 1 is 0.473 bits per heavy atom. The number of phosphoric acid groups is 1. The second-order valence-electron chi connectivity index (χ2n) is 21.3. The van der Waals surface area contributed by atoms with Crippen LogP contribution in [0.25, 0.3) is 0 Å². The Morgan fingerprint density at radius 3 is 1.24 bits per heavy atom. The van der Waals surface area contributed by atoms with Crippen LogP contribution in [0.2, 0.25) is 0 Å². The number of phosphoric ester groups is 1. The molecule has 0 aromatic carbocycles. The molecule has 0 saturated carbocycles. The molecule has 0 heterocycles. The van der Waals surface area contributed by atoms with Gasteiger partial charge in [-0.1, -0.05) is 252 Å². The maximum atomic E-state index is 13.0. The molecule has 3 unspecified atom stereocenters. The normalized spacial score (nSPS) is 14.6. The van der Waals surface area contributed by atoms with Crippen LogP contribution in [-0.2, 0) is 18.4 Å². The van der Waals surface area contributed by atoms with E-state index in [4.69, 9.17) is 9.05 Å². The number of allylic oxidation sites excluding steroid dienone is 17. The molecule has 8 nitrogen and oxygen atoms in total. The number of aliphatic hydroxyl groups is 1. The van der Waals surface area contributed by atoms with Gasteiger partial charge in [0.15, 0.2) is 0 Å². The monoisotopic (exact) mass is 1050 g/mol. The van der Waals surface area contributed by atoms with Gasteiger partial charge >= 0.3 is 7.82 Å². The predicted octanol–water partition coefficient (Wildman–Crippen LogP) is 18.8. The van der Waals surface area contributed by atoms with Gasteiger partial charge in [0, 0.05) is 6.42 Å². The average Bonchev–Trinajstić information content (AvgIpc) is 3.36. The maximum Gasteiger partial charge on any atom is 0.472 e. The Labute approximate surface area is 457 Å². The van der Waals surface area contributed by atoms with Gasteiger partial charge in [-0.3, -0.25) is 13.8 Å². The molecule has 0 bridgehead atoms. The molecule has 0 spiro atoms. The number of carbonyl (C=O) groups is 1. The Kier molecular flexibility index (Phi) is 52.8. The highest BCUT2D eigenvalue weighted by Crippen LogP contribution is 2.43. The minimum Gasteiger partial charge on any atom is -0.387 e. The zero-order valence-corrected chi connectivity index (χ0v) is 49.4. The van der Waals surface area contributed by atoms with Crippen molar-refractivity contribution in [2.75, 3.05) is 40.9 Å². The van der Waals surface area contributed by atoms with Gasteiger partial charge in [-0.25, -0.2) is 4.57 Å². The van der Waals surface area contributed by atoms with Crippen molar-refractivity contribution >= 4 is 13.7 Å². The van der Waals surface area contributed by atoms with Crippen LogP contribution >= 0.6 is 7.82 Å². The molecule has 3 N–H and O–H groups in total. The van der Waals surface area contributed by atoms with E-state index in [9.17, 15) is 19.4 Å². The largest absolute Gasteiger partial charge is 0.472 e. The highest BCUT2D eigenvalue weighted by atomic mass is 31.2. The summed E-state index contributed by atoms with van der Waals surface area (Å²) in [5.41, 5.74) is 0. The van der Waals surface area contributed by atoms with Crippen LogP contribution in [0.5, 0.6) is 0 Å². The number of nitrogens with zero attached hydrogens (tertiary/aromatic N) is 1. The summed E-state index contributed by atoms with van der Waals surface area (Å²) in [6.45, 7) is 4.63. The van der Waals surface area contributed by atoms with Gasteiger partial charge in [-0.2, -0.15) is 0 Å². The molecule has 0 saturated heterocycles. The van der Waals surface area contributed by atoms with E-state index in [0.717, 1.165) is 89.9 Å². The fourth-order valence-corrected chi connectivity index (χ4v) is 8.99. The van der Waals surface area contributed by atoms with Gasteiger partial charge in [0.2, 0.25) is 5.91 Å². The van der Waals surface area contributed by atoms with Crippen molar-refractivity contribution in [3.8, 4) is 0 Å². The van der Waals surface area contributed by atoms with E-state index in [1.54, 1.807) is 6.08 Å². The van der Waals surface area contributed by atoms with Gasteiger partial charge in [0.05, 0.1) is 39.9 Å². The zero-order valence-electron chi connectivity index (χ0n) is 48.5. The van der Waals surface area contributed by atoms with Crippen LogP contribution in [0.15, 0.2) is 109 Å². The molecule has 0 aromatic rings. The molecule has 0 aliphatic carbocycles. The molecular weight excluding hydrogens is 936 g/mol. The molecular formula is C65H116N2O6P+. The number of hydrogen-bond acceptors (Lipinski definition) is 5. The van der Waals surface area contributed by atoms with Crippen molar-refractivity contribution in [2.24, 2.45) is 0 Å². The lowest BCUT2D eigenvalue weighted by molar-refractivity contribution is -0.870. The fourth-order valence-electron chi connectivity index (χ4n) is 8.25. The summed E-state index contributed by atoms with van der Waals surface area (Å²) in [4.78, 5) is 23.3. The standard InChI is InChI=1S/C65H115N2O6P/c1-6-8-10-12-14-16-18-20-21-22-23-24-25-26-27-28-29-30-31-32-33-34-35-36-37-38-39-40-41-42-43-44-45-47-49-51-53-55-57-59-65(69)66-63(62-73-74(70,71)72-61-60-67(3,4)5)64(68)58-56-54-52-50-48-46-19-17-15-13-11-9-7-2/h8,10,14-17,20-21,23-24,26-27,29-30,48,50,56,58,63-64,68H,6-7,9,11-13,18-19,22,25,28,31-47,49,51-55,57,59-62H2,1-5H3,(H-,66,69,70,71)/p+1/b10-8-,16-14-,17-15+,21-20-,24-23-,27-26-,30-29-,50-48+,58-56+. The van der Waals surface area contributed by atoms with E-state index in [-0.39, 0.29) is 19.1 Å². The average molecular weight is 1050 g/mol. The van der Waals surface area contributed by atoms with Gasteiger partial charge < -0.3 is 19.8 Å². The first-order chi connectivity index (χ1) is 36.0. The van der Waals surface area contributed by atoms with Crippen LogP contribution < -0.4 is 5.32 Å². The third-order valence-electron chi connectivity index (χ3n) is 13.0. The van der Waals surface area contributed by atoms with Gasteiger partial charge in [0.1, 0.15) is 13.2 Å². The van der Waals surface area contributed by atoms with E-state index >= 15 is 0 Å². The Balaban J connectivity index is 3.97. The van der Waals surface area contributed by atoms with Crippen LogP contribution in [0.1, 0.15) is 245 Å². The molecule has 0 aliphatic heterocycles. The minimum absolute atomic E-state index is 0.0507. The van der Waals surface area contributed by atoms with E-state index in [2.05, 4.69) is 116 Å². The summed E-state index contributed by atoms with van der Waals surface area (Å²) in [5, 5.41) is 13.9. The lowest BCUT2D eigenvalue weighted by atomic mass is 10.0. The summed E-state index contributed by atoms with van der Waals surface area (Å²) in [6.07, 6.45) is 80.8. The lowest BCUT2D eigenvalue weighted by Gasteiger charge is -2.25. The topological polar surface area (TPSA) is 105 Å². The number of unbranched alkanes of at least 4 members (excludes halogenated alkanes) is 25. The van der Waals surface area contributed by atoms with Crippen molar-refractivity contribution < 1.29 is 32.9 Å². The summed E-state index contributed by atoms with van der Waals surface area (Å²) in [7, 11) is 1.54. The Hall–Kier alpha value is -2.84. The Morgan fingerprint density at radius 2 is 0.824 bits per heavy atom. The summed E-state index contributed by atoms with van der Waals surface area (Å²) < 4.78 is 23.6. The third-order valence-corrected chi connectivity index (χ3v) is 13.9. The first-order valence-electron chi connectivity index (χ1n) is 30.3. The number of likely N-dealkylation sites (N-methyl/N-ethyl adjacent to an activating group) is 1. The number of amides is 1. The molecule has 0 aliphatic rings. The molecule has 3 atom stereocenters. The first-order valence-corrected chi connectivity index (χ1v) is 31.8. The van der Waals surface area contributed by atoms with Crippen molar-refractivity contribution in [3.63, 3.8) is 0 Å². The maximum absolute atomic E-state index is 13.0. The molecule has 9 heteroatoms. The van der Waals surface area contributed by atoms with Crippen LogP contribution in [0, 0.1) is 0 Å². The number of rotatable bonds is 54. The number of carbonyl (C=O) groups excluding carboxylic acids is 1. The predicted molar refractivity (Wildman–Crippen MR) is 322 cm³/mol. The van der Waals surface area contributed by atoms with Gasteiger partial charge in [0.25, 0.3) is 0 Å². The van der Waals surface area contributed by atoms with Gasteiger partial charge in [-0.05, 0) is 96.3 Å². The molecule has 426 valence electrons. The number of hydrogen-bond donors (Lipinski definition) is 3. The fraction of sp³-hybridized carbons (Fsp3) is 0.708. The van der Waals surface area contributed by atoms with Crippen molar-refractivity contribution in [1.82, 2.24) is 5.32 Å².